The minimum absolute atomic E-state index is 0.0176. The Balaban J connectivity index is 3.35. The summed E-state index contributed by atoms with van der Waals surface area (Å²) in [7, 11) is 0. The van der Waals surface area contributed by atoms with Crippen LogP contribution in [-0.4, -0.2) is 6.18 Å². The Hall–Kier alpha value is -1.76. The van der Waals surface area contributed by atoms with Gasteiger partial charge in [-0.05, 0) is 12.5 Å². The van der Waals surface area contributed by atoms with Crippen LogP contribution in [0.2, 0.25) is 0 Å². The van der Waals surface area contributed by atoms with Crippen molar-refractivity contribution in [3.05, 3.63) is 41.5 Å². The molecule has 0 amide bonds. The van der Waals surface area contributed by atoms with Crippen molar-refractivity contribution < 1.29 is 13.2 Å². The Morgan fingerprint density at radius 3 is 2.13 bits per heavy atom. The van der Waals surface area contributed by atoms with Crippen molar-refractivity contribution in [1.29, 1.82) is 5.26 Å². The molecule has 15 heavy (non-hydrogen) atoms. The molecule has 0 N–H and O–H groups in total. The molecule has 0 spiro atoms. The van der Waals surface area contributed by atoms with Gasteiger partial charge in [-0.15, -0.1) is 0 Å². The number of alkyl halides is 3. The number of hydrogen-bond donors (Lipinski definition) is 0. The number of allylic oxidation sites excluding steroid dienone is 2. The number of benzene rings is 1. The van der Waals surface area contributed by atoms with E-state index in [1.165, 1.54) is 30.3 Å². The Bertz CT molecular complexity index is 410. The molecule has 0 unspecified atom stereocenters. The Kier molecular flexibility index (Phi) is 3.15. The van der Waals surface area contributed by atoms with Crippen molar-refractivity contribution >= 4 is 5.57 Å². The molecule has 0 aliphatic heterocycles. The maximum Gasteiger partial charge on any atom is 0.417 e. The molecular weight excluding hydrogens is 203 g/mol. The molecule has 1 rings (SSSR count). The summed E-state index contributed by atoms with van der Waals surface area (Å²) in [6.45, 7) is 1.16. The zero-order chi connectivity index (χ0) is 11.5. The molecule has 1 nitrogen and oxygen atoms in total. The van der Waals surface area contributed by atoms with E-state index in [4.69, 9.17) is 5.26 Å². The second-order valence-corrected chi connectivity index (χ2v) is 2.98. The van der Waals surface area contributed by atoms with Crippen molar-refractivity contribution in [2.45, 2.75) is 13.1 Å². The lowest BCUT2D eigenvalue weighted by atomic mass is 10.0. The van der Waals surface area contributed by atoms with Gasteiger partial charge in [-0.3, -0.25) is 0 Å². The fourth-order valence-electron chi connectivity index (χ4n) is 1.25. The van der Waals surface area contributed by atoms with Crippen molar-refractivity contribution in [3.63, 3.8) is 0 Å². The summed E-state index contributed by atoms with van der Waals surface area (Å²) < 4.78 is 37.9. The van der Waals surface area contributed by atoms with Crippen LogP contribution in [0.3, 0.4) is 0 Å². The second kappa shape index (κ2) is 4.18. The molecule has 0 saturated carbocycles. The average Bonchev–Trinajstić information content (AvgIpc) is 2.17. The first kappa shape index (κ1) is 11.3. The SMILES string of the molecule is C/C(C#N)=C(\c1ccccc1)C(F)(F)F. The zero-order valence-electron chi connectivity index (χ0n) is 7.97. The topological polar surface area (TPSA) is 23.8 Å². The van der Waals surface area contributed by atoms with Gasteiger partial charge in [-0.25, -0.2) is 0 Å². The number of hydrogen-bond acceptors (Lipinski definition) is 1. The van der Waals surface area contributed by atoms with Crippen molar-refractivity contribution in [1.82, 2.24) is 0 Å². The van der Waals surface area contributed by atoms with Gasteiger partial charge < -0.3 is 0 Å². The van der Waals surface area contributed by atoms with E-state index in [1.54, 1.807) is 6.07 Å². The summed E-state index contributed by atoms with van der Waals surface area (Å²) >= 11 is 0. The fourth-order valence-corrected chi connectivity index (χ4v) is 1.25. The van der Waals surface area contributed by atoms with Gasteiger partial charge in [-0.2, -0.15) is 18.4 Å². The summed E-state index contributed by atoms with van der Waals surface area (Å²) in [5.74, 6) is 0. The third kappa shape index (κ3) is 2.59. The number of nitriles is 1. The summed E-state index contributed by atoms with van der Waals surface area (Å²) in [6.07, 6.45) is -4.50. The first-order chi connectivity index (χ1) is 6.96. The van der Waals surface area contributed by atoms with Gasteiger partial charge in [0.1, 0.15) is 0 Å². The first-order valence-electron chi connectivity index (χ1n) is 4.20. The molecule has 0 bridgehead atoms. The fraction of sp³-hybridized carbons (Fsp3) is 0.182. The van der Waals surface area contributed by atoms with Gasteiger partial charge in [-0.1, -0.05) is 30.3 Å². The van der Waals surface area contributed by atoms with Crippen molar-refractivity contribution in [2.24, 2.45) is 0 Å². The predicted octanol–water partition coefficient (Wildman–Crippen LogP) is 3.55. The quantitative estimate of drug-likeness (QED) is 0.651. The molecule has 0 aliphatic carbocycles. The smallest absolute Gasteiger partial charge is 0.193 e. The lowest BCUT2D eigenvalue weighted by molar-refractivity contribution is -0.0692. The van der Waals surface area contributed by atoms with Crippen LogP contribution in [0.1, 0.15) is 12.5 Å². The van der Waals surface area contributed by atoms with Gasteiger partial charge >= 0.3 is 6.18 Å². The lowest BCUT2D eigenvalue weighted by Gasteiger charge is -2.12. The molecule has 0 aromatic heterocycles. The Morgan fingerprint density at radius 1 is 1.20 bits per heavy atom. The van der Waals surface area contributed by atoms with Gasteiger partial charge in [0.25, 0.3) is 0 Å². The third-order valence-corrected chi connectivity index (χ3v) is 1.89. The molecule has 0 atom stereocenters. The molecule has 0 saturated heterocycles. The molecule has 0 radical (unpaired) electrons. The first-order valence-corrected chi connectivity index (χ1v) is 4.20. The second-order valence-electron chi connectivity index (χ2n) is 2.98. The maximum absolute atomic E-state index is 12.6. The van der Waals surface area contributed by atoms with Crippen LogP contribution in [0.15, 0.2) is 35.9 Å². The molecule has 78 valence electrons. The normalized spacial score (nSPS) is 13.0. The standard InChI is InChI=1S/C11H8F3N/c1-8(7-15)10(11(12,13)14)9-5-3-2-4-6-9/h2-6H,1H3/b10-8-. The van der Waals surface area contributed by atoms with Gasteiger partial charge in [0, 0.05) is 5.57 Å². The van der Waals surface area contributed by atoms with Crippen molar-refractivity contribution in [3.8, 4) is 6.07 Å². The van der Waals surface area contributed by atoms with E-state index >= 15 is 0 Å². The van der Waals surface area contributed by atoms with Crippen LogP contribution >= 0.6 is 0 Å². The third-order valence-electron chi connectivity index (χ3n) is 1.89. The Morgan fingerprint density at radius 2 is 1.73 bits per heavy atom. The van der Waals surface area contributed by atoms with Crippen LogP contribution in [0.25, 0.3) is 5.57 Å². The molecule has 0 aliphatic rings. The van der Waals surface area contributed by atoms with Gasteiger partial charge in [0.05, 0.1) is 11.6 Å². The highest BCUT2D eigenvalue weighted by Gasteiger charge is 2.36. The summed E-state index contributed by atoms with van der Waals surface area (Å²) in [5, 5.41) is 8.52. The molecule has 4 heteroatoms. The summed E-state index contributed by atoms with van der Waals surface area (Å²) in [4.78, 5) is 0. The minimum atomic E-state index is -4.50. The van der Waals surface area contributed by atoms with Crippen LogP contribution < -0.4 is 0 Å². The molecule has 1 aromatic rings. The molecular formula is C11H8F3N. The van der Waals surface area contributed by atoms with E-state index in [1.807, 2.05) is 0 Å². The van der Waals surface area contributed by atoms with Crippen LogP contribution in [0.4, 0.5) is 13.2 Å². The average molecular weight is 211 g/mol. The number of rotatable bonds is 1. The monoisotopic (exact) mass is 211 g/mol. The Labute approximate surface area is 85.5 Å². The highest BCUT2D eigenvalue weighted by Crippen LogP contribution is 2.35. The van der Waals surface area contributed by atoms with Crippen LogP contribution in [0.5, 0.6) is 0 Å². The largest absolute Gasteiger partial charge is 0.417 e. The van der Waals surface area contributed by atoms with Crippen molar-refractivity contribution in [2.75, 3.05) is 0 Å². The minimum Gasteiger partial charge on any atom is -0.193 e. The van der Waals surface area contributed by atoms with Gasteiger partial charge in [0.2, 0.25) is 0 Å². The van der Waals surface area contributed by atoms with E-state index in [-0.39, 0.29) is 11.1 Å². The van der Waals surface area contributed by atoms with Crippen LogP contribution in [0, 0.1) is 11.3 Å². The number of halogens is 3. The van der Waals surface area contributed by atoms with E-state index in [9.17, 15) is 13.2 Å². The van der Waals surface area contributed by atoms with E-state index in [0.717, 1.165) is 6.92 Å². The molecule has 1 aromatic carbocycles. The van der Waals surface area contributed by atoms with Crippen LogP contribution in [-0.2, 0) is 0 Å². The highest BCUT2D eigenvalue weighted by atomic mass is 19.4. The summed E-state index contributed by atoms with van der Waals surface area (Å²) in [5.41, 5.74) is -1.18. The summed E-state index contributed by atoms with van der Waals surface area (Å²) in [6, 6.07) is 8.84. The zero-order valence-corrected chi connectivity index (χ0v) is 7.97. The van der Waals surface area contributed by atoms with E-state index < -0.39 is 11.7 Å². The lowest BCUT2D eigenvalue weighted by Crippen LogP contribution is -2.12. The highest BCUT2D eigenvalue weighted by molar-refractivity contribution is 5.74. The maximum atomic E-state index is 12.6. The molecule has 0 heterocycles. The predicted molar refractivity (Wildman–Crippen MR) is 50.7 cm³/mol. The number of nitrogens with zero attached hydrogens (tertiary/aromatic N) is 1. The van der Waals surface area contributed by atoms with E-state index in [0.29, 0.717) is 0 Å². The van der Waals surface area contributed by atoms with Gasteiger partial charge in [0.15, 0.2) is 0 Å². The molecule has 0 fully saturated rings. The van der Waals surface area contributed by atoms with E-state index in [2.05, 4.69) is 0 Å².